The van der Waals surface area contributed by atoms with Gasteiger partial charge in [0.2, 0.25) is 0 Å². The first-order chi connectivity index (χ1) is 10.6. The number of aromatic nitrogens is 3. The number of hydrogen-bond acceptors (Lipinski definition) is 4. The summed E-state index contributed by atoms with van der Waals surface area (Å²) < 4.78 is 39.9. The molecule has 0 saturated carbocycles. The van der Waals surface area contributed by atoms with E-state index in [2.05, 4.69) is 26.6 Å². The van der Waals surface area contributed by atoms with Crippen molar-refractivity contribution in [1.29, 1.82) is 0 Å². The van der Waals surface area contributed by atoms with Crippen molar-refractivity contribution in [3.05, 3.63) is 11.6 Å². The Hall–Kier alpha value is -1.15. The lowest BCUT2D eigenvalue weighted by Gasteiger charge is -2.47. The maximum Gasteiger partial charge on any atom is 0.401 e. The second-order valence-electron chi connectivity index (χ2n) is 6.87. The Morgan fingerprint density at radius 3 is 2.43 bits per heavy atom. The summed E-state index contributed by atoms with van der Waals surface area (Å²) in [5, 5.41) is 8.39. The smallest absolute Gasteiger partial charge is 0.314 e. The second kappa shape index (κ2) is 6.76. The van der Waals surface area contributed by atoms with Gasteiger partial charge in [0.25, 0.3) is 0 Å². The summed E-state index contributed by atoms with van der Waals surface area (Å²) in [6.07, 6.45) is -3.15. The molecule has 5 nitrogen and oxygen atoms in total. The number of halogens is 3. The summed E-state index contributed by atoms with van der Waals surface area (Å²) in [5.74, 6) is 1.78. The van der Waals surface area contributed by atoms with E-state index in [1.807, 2.05) is 20.8 Å². The average Bonchev–Trinajstić information content (AvgIpc) is 2.73. The third kappa shape index (κ3) is 4.67. The highest BCUT2D eigenvalue weighted by Crippen LogP contribution is 2.26. The molecule has 0 N–H and O–H groups in total. The largest absolute Gasteiger partial charge is 0.401 e. The topological polar surface area (TPSA) is 37.2 Å². The molecule has 23 heavy (non-hydrogen) atoms. The molecular weight excluding hydrogens is 307 g/mol. The van der Waals surface area contributed by atoms with E-state index >= 15 is 0 Å². The van der Waals surface area contributed by atoms with Gasteiger partial charge in [-0.05, 0) is 27.2 Å². The van der Waals surface area contributed by atoms with Crippen molar-refractivity contribution >= 4 is 0 Å². The predicted molar refractivity (Wildman–Crippen MR) is 82.0 cm³/mol. The number of piperazine rings is 1. The highest BCUT2D eigenvalue weighted by molar-refractivity contribution is 4.98. The summed E-state index contributed by atoms with van der Waals surface area (Å²) in [6.45, 7) is 10.1. The summed E-state index contributed by atoms with van der Waals surface area (Å²) >= 11 is 0. The average molecular weight is 333 g/mol. The SMILES string of the molecule is CCCn1c(C)nnc1CN1CCN(CC(F)(F)F)CC1(C)C. The Kier molecular flexibility index (Phi) is 5.35. The zero-order valence-electron chi connectivity index (χ0n) is 14.3. The number of rotatable bonds is 5. The van der Waals surface area contributed by atoms with E-state index in [4.69, 9.17) is 0 Å². The van der Waals surface area contributed by atoms with E-state index in [0.717, 1.165) is 24.6 Å². The Morgan fingerprint density at radius 2 is 1.87 bits per heavy atom. The summed E-state index contributed by atoms with van der Waals surface area (Å²) in [7, 11) is 0. The molecule has 1 aromatic rings. The van der Waals surface area contributed by atoms with Gasteiger partial charge in [0.05, 0.1) is 13.1 Å². The summed E-state index contributed by atoms with van der Waals surface area (Å²) in [4.78, 5) is 3.69. The van der Waals surface area contributed by atoms with Crippen LogP contribution < -0.4 is 0 Å². The van der Waals surface area contributed by atoms with E-state index in [1.165, 1.54) is 4.90 Å². The fourth-order valence-corrected chi connectivity index (χ4v) is 3.20. The Labute approximate surface area is 135 Å². The zero-order valence-corrected chi connectivity index (χ0v) is 14.3. The fourth-order valence-electron chi connectivity index (χ4n) is 3.20. The number of hydrogen-bond donors (Lipinski definition) is 0. The van der Waals surface area contributed by atoms with Crippen LogP contribution in [0, 0.1) is 6.92 Å². The Morgan fingerprint density at radius 1 is 1.17 bits per heavy atom. The van der Waals surface area contributed by atoms with E-state index in [1.54, 1.807) is 0 Å². The maximum atomic E-state index is 12.6. The standard InChI is InChI=1S/C15H26F3N5/c1-5-6-23-12(2)19-20-13(23)9-22-8-7-21(10-14(22,3)4)11-15(16,17)18/h5-11H2,1-4H3. The molecule has 0 atom stereocenters. The van der Waals surface area contributed by atoms with Gasteiger partial charge in [-0.25, -0.2) is 0 Å². The van der Waals surface area contributed by atoms with Crippen LogP contribution in [0.3, 0.4) is 0 Å². The minimum Gasteiger partial charge on any atom is -0.314 e. The van der Waals surface area contributed by atoms with Crippen LogP contribution in [0.4, 0.5) is 13.2 Å². The van der Waals surface area contributed by atoms with E-state index in [9.17, 15) is 13.2 Å². The molecule has 0 bridgehead atoms. The number of aryl methyl sites for hydroxylation is 1. The number of alkyl halides is 3. The fraction of sp³-hybridized carbons (Fsp3) is 0.867. The first-order valence-electron chi connectivity index (χ1n) is 8.05. The Bertz CT molecular complexity index is 524. The lowest BCUT2D eigenvalue weighted by atomic mass is 9.98. The first-order valence-corrected chi connectivity index (χ1v) is 8.05. The molecule has 0 aliphatic carbocycles. The monoisotopic (exact) mass is 333 g/mol. The van der Waals surface area contributed by atoms with Gasteiger partial charge in [0.1, 0.15) is 11.6 Å². The third-order valence-electron chi connectivity index (χ3n) is 4.35. The van der Waals surface area contributed by atoms with Crippen LogP contribution in [-0.2, 0) is 13.1 Å². The molecule has 1 aliphatic heterocycles. The molecule has 1 aliphatic rings. The van der Waals surface area contributed by atoms with Gasteiger partial charge in [0.15, 0.2) is 0 Å². The van der Waals surface area contributed by atoms with Crippen LogP contribution >= 0.6 is 0 Å². The molecule has 1 saturated heterocycles. The Balaban J connectivity index is 2.05. The van der Waals surface area contributed by atoms with Gasteiger partial charge in [-0.1, -0.05) is 6.92 Å². The molecular formula is C15H26F3N5. The second-order valence-corrected chi connectivity index (χ2v) is 6.87. The summed E-state index contributed by atoms with van der Waals surface area (Å²) in [5.41, 5.74) is -0.333. The highest BCUT2D eigenvalue weighted by Gasteiger charge is 2.39. The zero-order chi connectivity index (χ0) is 17.3. The molecule has 0 aromatic carbocycles. The third-order valence-corrected chi connectivity index (χ3v) is 4.35. The summed E-state index contributed by atoms with van der Waals surface area (Å²) in [6, 6.07) is 0. The van der Waals surface area contributed by atoms with Crippen LogP contribution in [0.15, 0.2) is 0 Å². The lowest BCUT2D eigenvalue weighted by molar-refractivity contribution is -0.155. The number of nitrogens with zero attached hydrogens (tertiary/aromatic N) is 5. The van der Waals surface area contributed by atoms with Crippen molar-refractivity contribution in [2.24, 2.45) is 0 Å². The molecule has 0 spiro atoms. The molecule has 1 fully saturated rings. The maximum absolute atomic E-state index is 12.6. The van der Waals surface area contributed by atoms with Crippen LogP contribution in [0.25, 0.3) is 0 Å². The molecule has 0 amide bonds. The van der Waals surface area contributed by atoms with Crippen molar-refractivity contribution in [2.75, 3.05) is 26.2 Å². The van der Waals surface area contributed by atoms with E-state index in [0.29, 0.717) is 26.2 Å². The molecule has 0 radical (unpaired) electrons. The van der Waals surface area contributed by atoms with Gasteiger partial charge < -0.3 is 4.57 Å². The van der Waals surface area contributed by atoms with Crippen LogP contribution in [0.5, 0.6) is 0 Å². The molecule has 8 heteroatoms. The van der Waals surface area contributed by atoms with Crippen LogP contribution in [0.2, 0.25) is 0 Å². The molecule has 2 rings (SSSR count). The predicted octanol–water partition coefficient (Wildman–Crippen LogP) is 2.46. The van der Waals surface area contributed by atoms with Crippen molar-refractivity contribution in [2.45, 2.75) is 58.9 Å². The lowest BCUT2D eigenvalue weighted by Crippen LogP contribution is -2.60. The van der Waals surface area contributed by atoms with E-state index < -0.39 is 12.7 Å². The van der Waals surface area contributed by atoms with Gasteiger partial charge in [-0.2, -0.15) is 13.2 Å². The minimum atomic E-state index is -4.14. The van der Waals surface area contributed by atoms with Gasteiger partial charge in [0, 0.05) is 31.7 Å². The van der Waals surface area contributed by atoms with Crippen LogP contribution in [-0.4, -0.2) is 62.5 Å². The van der Waals surface area contributed by atoms with Gasteiger partial charge in [-0.3, -0.25) is 9.80 Å². The molecule has 132 valence electrons. The first kappa shape index (κ1) is 18.2. The van der Waals surface area contributed by atoms with Crippen molar-refractivity contribution < 1.29 is 13.2 Å². The van der Waals surface area contributed by atoms with Crippen LogP contribution in [0.1, 0.15) is 38.8 Å². The minimum absolute atomic E-state index is 0.333. The molecule has 2 heterocycles. The van der Waals surface area contributed by atoms with Crippen molar-refractivity contribution in [1.82, 2.24) is 24.6 Å². The van der Waals surface area contributed by atoms with Crippen molar-refractivity contribution in [3.63, 3.8) is 0 Å². The van der Waals surface area contributed by atoms with Gasteiger partial charge in [-0.15, -0.1) is 10.2 Å². The molecule has 0 unspecified atom stereocenters. The quantitative estimate of drug-likeness (QED) is 0.829. The molecule has 1 aromatic heterocycles. The van der Waals surface area contributed by atoms with E-state index in [-0.39, 0.29) is 5.54 Å². The van der Waals surface area contributed by atoms with Gasteiger partial charge >= 0.3 is 6.18 Å². The highest BCUT2D eigenvalue weighted by atomic mass is 19.4. The normalized spacial score (nSPS) is 20.1. The van der Waals surface area contributed by atoms with Crippen molar-refractivity contribution in [3.8, 4) is 0 Å².